The first-order valence-electron chi connectivity index (χ1n) is 12.2. The molecule has 0 aromatic heterocycles. The van der Waals surface area contributed by atoms with Crippen molar-refractivity contribution in [3.63, 3.8) is 0 Å². The molecule has 0 amide bonds. The molecule has 0 aliphatic rings. The normalized spacial score (nSPS) is 12.0. The third-order valence-electron chi connectivity index (χ3n) is 6.01. The van der Waals surface area contributed by atoms with Crippen molar-refractivity contribution in [1.82, 2.24) is 0 Å². The van der Waals surface area contributed by atoms with Crippen molar-refractivity contribution in [2.45, 2.75) is 6.18 Å². The summed E-state index contributed by atoms with van der Waals surface area (Å²) in [6.07, 6.45) is -4.17. The lowest BCUT2D eigenvalue weighted by Gasteiger charge is -2.13. The minimum Gasteiger partial charge on any atom is -0.464 e. The van der Waals surface area contributed by atoms with Crippen molar-refractivity contribution in [3.8, 4) is 28.0 Å². The van der Waals surface area contributed by atoms with Gasteiger partial charge < -0.3 is 9.47 Å². The molecule has 0 spiro atoms. The van der Waals surface area contributed by atoms with Gasteiger partial charge in [-0.1, -0.05) is 30.9 Å². The van der Waals surface area contributed by atoms with Crippen LogP contribution < -0.4 is 4.74 Å². The number of esters is 1. The van der Waals surface area contributed by atoms with Crippen LogP contribution in [0.3, 0.4) is 0 Å². The van der Waals surface area contributed by atoms with Gasteiger partial charge in [0.05, 0.1) is 5.56 Å². The Morgan fingerprint density at radius 2 is 1.32 bits per heavy atom. The molecule has 0 radical (unpaired) electrons. The summed E-state index contributed by atoms with van der Waals surface area (Å²) < 4.78 is 148. The van der Waals surface area contributed by atoms with Gasteiger partial charge in [0, 0.05) is 22.8 Å². The highest BCUT2D eigenvalue weighted by atomic mass is 19.4. The van der Waals surface area contributed by atoms with Crippen LogP contribution in [0, 0.1) is 29.1 Å². The summed E-state index contributed by atoms with van der Waals surface area (Å²) in [6.45, 7) is 2.91. The Kier molecular flexibility index (Phi) is 9.16. The fourth-order valence-corrected chi connectivity index (χ4v) is 4.00. The van der Waals surface area contributed by atoms with Crippen LogP contribution in [0.15, 0.2) is 85.4 Å². The van der Waals surface area contributed by atoms with E-state index >= 15 is 0 Å². The number of carbonyl (C=O) groups excluding carboxylic acids is 1. The van der Waals surface area contributed by atoms with Gasteiger partial charge in [-0.2, -0.15) is 22.0 Å². The molecule has 0 fully saturated rings. The zero-order valence-electron chi connectivity index (χ0n) is 21.8. The number of hydrogen-bond acceptors (Lipinski definition) is 3. The zero-order chi connectivity index (χ0) is 32.3. The van der Waals surface area contributed by atoms with Gasteiger partial charge in [0.25, 0.3) is 0 Å². The van der Waals surface area contributed by atoms with E-state index in [0.29, 0.717) is 24.3 Å². The minimum absolute atomic E-state index is 0.101. The molecule has 3 nitrogen and oxygen atoms in total. The summed E-state index contributed by atoms with van der Waals surface area (Å²) in [5.41, 5.74) is -4.76. The largest absolute Gasteiger partial charge is 0.464 e. The smallest absolute Gasteiger partial charge is 0.422 e. The zero-order valence-corrected chi connectivity index (χ0v) is 21.8. The van der Waals surface area contributed by atoms with E-state index in [1.54, 1.807) is 0 Å². The Morgan fingerprint density at radius 3 is 1.89 bits per heavy atom. The molecule has 0 heterocycles. The quantitative estimate of drug-likeness (QED) is 0.0643. The number of halogens is 10. The van der Waals surface area contributed by atoms with Crippen LogP contribution in [0.1, 0.15) is 21.5 Å². The minimum atomic E-state index is -5.31. The molecule has 0 saturated heterocycles. The molecule has 0 atom stereocenters. The Morgan fingerprint density at radius 1 is 0.727 bits per heavy atom. The molecule has 4 rings (SSSR count). The van der Waals surface area contributed by atoms with E-state index in [1.807, 2.05) is 0 Å². The molecule has 228 valence electrons. The summed E-state index contributed by atoms with van der Waals surface area (Å²) in [4.78, 5) is 12.4. The van der Waals surface area contributed by atoms with Crippen LogP contribution in [0.2, 0.25) is 0 Å². The highest BCUT2D eigenvalue weighted by Crippen LogP contribution is 2.37. The van der Waals surface area contributed by atoms with Crippen LogP contribution in [0.5, 0.6) is 5.75 Å². The SMILES string of the molecule is C=CCO/C(F)=C(\F)c1ccc(C(=O)Oc2ccc(-c3ccc(-c4cc(F)c(C(F)(F)F)c(F)c4)c(F)c3)c(F)c2)c(F)c1. The number of carbonyl (C=O) groups is 1. The number of ether oxygens (including phenoxy) is 2. The summed E-state index contributed by atoms with van der Waals surface area (Å²) in [7, 11) is 0. The second-order valence-corrected chi connectivity index (χ2v) is 8.92. The average Bonchev–Trinajstić information content (AvgIpc) is 2.94. The van der Waals surface area contributed by atoms with Crippen LogP contribution in [-0.4, -0.2) is 12.6 Å². The van der Waals surface area contributed by atoms with Gasteiger partial charge >= 0.3 is 18.2 Å². The number of benzene rings is 4. The average molecular weight is 626 g/mol. The molecular formula is C31H16F10O3. The van der Waals surface area contributed by atoms with Crippen molar-refractivity contribution >= 4 is 11.8 Å². The van der Waals surface area contributed by atoms with Gasteiger partial charge in [-0.3, -0.25) is 0 Å². The van der Waals surface area contributed by atoms with Gasteiger partial charge in [0.15, 0.2) is 0 Å². The summed E-state index contributed by atoms with van der Waals surface area (Å²) >= 11 is 0. The summed E-state index contributed by atoms with van der Waals surface area (Å²) in [6, 6.07) is 6.90. The fraction of sp³-hybridized carbons (Fsp3) is 0.0645. The Balaban J connectivity index is 1.54. The van der Waals surface area contributed by atoms with E-state index < -0.39 is 86.6 Å². The van der Waals surface area contributed by atoms with E-state index in [4.69, 9.17) is 4.74 Å². The lowest BCUT2D eigenvalue weighted by atomic mass is 9.98. The number of rotatable bonds is 8. The molecule has 0 unspecified atom stereocenters. The second-order valence-electron chi connectivity index (χ2n) is 8.92. The predicted octanol–water partition coefficient (Wildman–Crippen LogP) is 9.72. The van der Waals surface area contributed by atoms with E-state index in [2.05, 4.69) is 11.3 Å². The van der Waals surface area contributed by atoms with Crippen LogP contribution in [0.4, 0.5) is 43.9 Å². The highest BCUT2D eigenvalue weighted by molar-refractivity contribution is 5.91. The first-order chi connectivity index (χ1) is 20.7. The standard InChI is InChI=1S/C31H16F10O3/c1-2-9-43-29(38)28(37)16-4-7-21(23(33)11-16)30(42)44-18-5-8-19(24(34)14-18)15-3-6-20(22(32)10-15)17-12-25(35)27(26(36)13-17)31(39,40)41/h2-8,10-14H,1,9H2/b29-28-. The van der Waals surface area contributed by atoms with Crippen molar-refractivity contribution in [3.05, 3.63) is 131 Å². The van der Waals surface area contributed by atoms with E-state index in [0.717, 1.165) is 48.5 Å². The van der Waals surface area contributed by atoms with Gasteiger partial charge in [-0.05, 0) is 53.6 Å². The lowest BCUT2D eigenvalue weighted by molar-refractivity contribution is -0.142. The van der Waals surface area contributed by atoms with Gasteiger partial charge in [-0.15, -0.1) is 0 Å². The third-order valence-corrected chi connectivity index (χ3v) is 6.01. The second kappa shape index (κ2) is 12.7. The molecular weight excluding hydrogens is 610 g/mol. The maximum absolute atomic E-state index is 14.9. The molecule has 44 heavy (non-hydrogen) atoms. The first-order valence-corrected chi connectivity index (χ1v) is 12.2. The Hall–Kier alpha value is -5.07. The molecule has 13 heteroatoms. The molecule has 4 aromatic carbocycles. The molecule has 0 aliphatic heterocycles. The fourth-order valence-electron chi connectivity index (χ4n) is 4.00. The lowest BCUT2D eigenvalue weighted by Crippen LogP contribution is -2.11. The highest BCUT2D eigenvalue weighted by Gasteiger charge is 2.38. The number of hydrogen-bond donors (Lipinski definition) is 0. The molecule has 0 N–H and O–H groups in total. The van der Waals surface area contributed by atoms with E-state index in [9.17, 15) is 48.7 Å². The van der Waals surface area contributed by atoms with Crippen molar-refractivity contribution in [2.24, 2.45) is 0 Å². The van der Waals surface area contributed by atoms with Crippen LogP contribution in [-0.2, 0) is 10.9 Å². The molecule has 0 saturated carbocycles. The Bertz CT molecular complexity index is 1770. The topological polar surface area (TPSA) is 35.5 Å². The van der Waals surface area contributed by atoms with Crippen LogP contribution >= 0.6 is 0 Å². The molecule has 4 aromatic rings. The Labute approximate surface area is 242 Å². The van der Waals surface area contributed by atoms with Crippen molar-refractivity contribution in [1.29, 1.82) is 0 Å². The van der Waals surface area contributed by atoms with Gasteiger partial charge in [-0.25, -0.2) is 26.7 Å². The van der Waals surface area contributed by atoms with Crippen molar-refractivity contribution < 1.29 is 58.2 Å². The number of alkyl halides is 3. The van der Waals surface area contributed by atoms with Gasteiger partial charge in [0.1, 0.15) is 47.0 Å². The van der Waals surface area contributed by atoms with Crippen molar-refractivity contribution in [2.75, 3.05) is 6.61 Å². The van der Waals surface area contributed by atoms with E-state index in [1.165, 1.54) is 0 Å². The summed E-state index contributed by atoms with van der Waals surface area (Å²) in [5.74, 6) is -10.7. The van der Waals surface area contributed by atoms with Gasteiger partial charge in [0.2, 0.25) is 5.83 Å². The molecule has 0 aliphatic carbocycles. The monoisotopic (exact) mass is 626 g/mol. The molecule has 0 bridgehead atoms. The predicted molar refractivity (Wildman–Crippen MR) is 139 cm³/mol. The maximum Gasteiger partial charge on any atom is 0.422 e. The summed E-state index contributed by atoms with van der Waals surface area (Å²) in [5, 5.41) is 0. The third kappa shape index (κ3) is 6.77. The maximum atomic E-state index is 14.9. The van der Waals surface area contributed by atoms with E-state index in [-0.39, 0.29) is 17.7 Å². The van der Waals surface area contributed by atoms with Crippen LogP contribution in [0.25, 0.3) is 28.1 Å². The first kappa shape index (κ1) is 31.9.